The van der Waals surface area contributed by atoms with Gasteiger partial charge in [-0.1, -0.05) is 106 Å². The Bertz CT molecular complexity index is 2140. The number of nitrogens with one attached hydrogen (secondary N) is 1. The van der Waals surface area contributed by atoms with Crippen LogP contribution in [-0.2, 0) is 58.0 Å². The highest BCUT2D eigenvalue weighted by Gasteiger charge is 2.45. The smallest absolute Gasteiger partial charge is 0.251 e. The number of carbonyl (C=O) groups excluding carboxylic acids is 1. The third-order valence-electron chi connectivity index (χ3n) is 13.7. The van der Waals surface area contributed by atoms with Gasteiger partial charge in [0.2, 0.25) is 0 Å². The highest BCUT2D eigenvalue weighted by Crippen LogP contribution is 2.26. The fourth-order valence-corrected chi connectivity index (χ4v) is 9.09. The van der Waals surface area contributed by atoms with Crippen LogP contribution in [0.5, 0.6) is 11.5 Å². The molecule has 0 unspecified atom stereocenters. The second-order valence-corrected chi connectivity index (χ2v) is 19.9. The van der Waals surface area contributed by atoms with E-state index in [1.165, 1.54) is 77.0 Å². The first-order chi connectivity index (χ1) is 37.5. The summed E-state index contributed by atoms with van der Waals surface area (Å²) in [6.07, 6.45) is 12.0. The quantitative estimate of drug-likeness (QED) is 0.0287. The summed E-state index contributed by atoms with van der Waals surface area (Å²) < 4.78 is 39.2. The average molecular weight is 1090 g/mol. The first-order valence-electron chi connectivity index (χ1n) is 27.7. The summed E-state index contributed by atoms with van der Waals surface area (Å²) >= 11 is 0. The zero-order valence-electron chi connectivity index (χ0n) is 44.5. The van der Waals surface area contributed by atoms with E-state index < -0.39 is 74.6 Å². The summed E-state index contributed by atoms with van der Waals surface area (Å²) in [7, 11) is 0. The van der Waals surface area contributed by atoms with Crippen molar-refractivity contribution in [1.82, 2.24) is 50.3 Å². The largest absolute Gasteiger partial charge is 0.493 e. The number of carbonyl (C=O) groups is 1. The minimum atomic E-state index is -1.54. The van der Waals surface area contributed by atoms with Gasteiger partial charge in [-0.2, -0.15) is 0 Å². The van der Waals surface area contributed by atoms with E-state index in [1.807, 2.05) is 10.9 Å². The molecule has 0 radical (unpaired) electrons. The van der Waals surface area contributed by atoms with Crippen molar-refractivity contribution in [2.75, 3.05) is 39.6 Å². The molecule has 3 aromatic heterocycles. The minimum Gasteiger partial charge on any atom is -0.493 e. The van der Waals surface area contributed by atoms with Gasteiger partial charge in [0.05, 0.1) is 76.9 Å². The standard InChI is InChI=1S/C52H84N10O15/c1-2-3-4-5-6-7-8-9-10-11-12-13-14-15-20-60-33-39(56-59-60)30-53-50(71)36-27-40(72-23-16-18-37-31-61(57-54-37)21-25-74-51-48(69)46(67)44(65)42(34-63)76-51)29-41(28-36)73-24-17-19-38-32-62(58-55-38)22-26-75-52-49(70)47(68)45(66)43(35-64)77-52/h27-29,31-33,42-49,51-52,63-70H,2-26,30,34-35H2,1H3,(H,53,71)/t42-,43-,44-,45-,46+,47+,48+,49+,51+,52+/m0/s1. The van der Waals surface area contributed by atoms with Crippen LogP contribution in [0.2, 0.25) is 0 Å². The lowest BCUT2D eigenvalue weighted by atomic mass is 9.99. The molecule has 4 aromatic rings. The zero-order valence-corrected chi connectivity index (χ0v) is 44.5. The van der Waals surface area contributed by atoms with Gasteiger partial charge in [0.25, 0.3) is 5.91 Å². The number of aromatic nitrogens is 9. The lowest BCUT2D eigenvalue weighted by Crippen LogP contribution is -2.59. The SMILES string of the molecule is CCCCCCCCCCCCCCCCn1cc(CNC(=O)c2cc(OCCCc3cn(CCO[C@@H]4O[C@@H](CO)[C@H](O)[C@@H](O)[C@H]4O)nn3)cc(OCCCc3cn(CCO[C@@H]4O[C@@H](CO)[C@H](O)[C@@H](O)[C@H]4O)nn3)c2)nn1. The molecule has 0 aliphatic carbocycles. The normalized spacial score (nSPS) is 23.6. The van der Waals surface area contributed by atoms with Gasteiger partial charge in [0.1, 0.15) is 66.0 Å². The van der Waals surface area contributed by atoms with Crippen LogP contribution in [0.3, 0.4) is 0 Å². The number of rotatable bonds is 38. The first-order valence-corrected chi connectivity index (χ1v) is 27.7. The summed E-state index contributed by atoms with van der Waals surface area (Å²) in [4.78, 5) is 13.6. The van der Waals surface area contributed by atoms with Crippen molar-refractivity contribution in [3.63, 3.8) is 0 Å². The predicted octanol–water partition coefficient (Wildman–Crippen LogP) is 1.53. The van der Waals surface area contributed by atoms with Crippen LogP contribution >= 0.6 is 0 Å². The van der Waals surface area contributed by atoms with Crippen LogP contribution in [-0.4, -0.2) is 193 Å². The van der Waals surface area contributed by atoms with Gasteiger partial charge < -0.3 is 74.6 Å². The van der Waals surface area contributed by atoms with Crippen LogP contribution in [0.1, 0.15) is 137 Å². The molecule has 0 bridgehead atoms. The van der Waals surface area contributed by atoms with Crippen molar-refractivity contribution in [1.29, 1.82) is 0 Å². The summed E-state index contributed by atoms with van der Waals surface area (Å²) in [5, 5.41) is 108. The molecule has 77 heavy (non-hydrogen) atoms. The molecule has 25 nitrogen and oxygen atoms in total. The molecule has 1 aromatic carbocycles. The Morgan fingerprint density at radius 3 is 1.39 bits per heavy atom. The van der Waals surface area contributed by atoms with E-state index in [0.29, 0.717) is 59.8 Å². The molecular weight excluding hydrogens is 1000 g/mol. The fourth-order valence-electron chi connectivity index (χ4n) is 9.09. The van der Waals surface area contributed by atoms with Gasteiger partial charge in [0.15, 0.2) is 12.6 Å². The van der Waals surface area contributed by atoms with Crippen molar-refractivity contribution < 1.29 is 74.1 Å². The van der Waals surface area contributed by atoms with Crippen LogP contribution < -0.4 is 14.8 Å². The van der Waals surface area contributed by atoms with Gasteiger partial charge >= 0.3 is 0 Å². The van der Waals surface area contributed by atoms with Crippen LogP contribution in [0.25, 0.3) is 0 Å². The Balaban J connectivity index is 0.938. The van der Waals surface area contributed by atoms with Gasteiger partial charge in [-0.05, 0) is 44.2 Å². The second-order valence-electron chi connectivity index (χ2n) is 19.9. The van der Waals surface area contributed by atoms with E-state index in [9.17, 15) is 45.6 Å². The molecule has 2 aliphatic heterocycles. The Hall–Kier alpha value is -4.77. The number of nitrogens with zero attached hydrogens (tertiary/aromatic N) is 9. The first kappa shape index (κ1) is 61.4. The number of ether oxygens (including phenoxy) is 6. The topological polar surface area (TPSA) is 338 Å². The maximum absolute atomic E-state index is 13.6. The Labute approximate surface area is 449 Å². The molecule has 9 N–H and O–H groups in total. The lowest BCUT2D eigenvalue weighted by molar-refractivity contribution is -0.301. The predicted molar refractivity (Wildman–Crippen MR) is 275 cm³/mol. The van der Waals surface area contributed by atoms with Crippen LogP contribution in [0.15, 0.2) is 36.8 Å². The van der Waals surface area contributed by atoms with Gasteiger partial charge in [-0.25, -0.2) is 9.36 Å². The van der Waals surface area contributed by atoms with E-state index in [2.05, 4.69) is 43.2 Å². The molecule has 2 aliphatic rings. The molecule has 432 valence electrons. The Kier molecular flexibility index (Phi) is 26.8. The van der Waals surface area contributed by atoms with Gasteiger partial charge in [-0.15, -0.1) is 15.3 Å². The number of hydrogen-bond acceptors (Lipinski definition) is 21. The van der Waals surface area contributed by atoms with Crippen LogP contribution in [0, 0.1) is 0 Å². The number of amides is 1. The molecule has 10 atom stereocenters. The molecule has 5 heterocycles. The number of aliphatic hydroxyl groups excluding tert-OH is 8. The zero-order chi connectivity index (χ0) is 54.8. The Morgan fingerprint density at radius 1 is 0.519 bits per heavy atom. The van der Waals surface area contributed by atoms with Gasteiger partial charge in [0, 0.05) is 30.6 Å². The molecule has 0 saturated carbocycles. The third-order valence-corrected chi connectivity index (χ3v) is 13.7. The summed E-state index contributed by atoms with van der Waals surface area (Å²) in [5.74, 6) is 0.505. The fraction of sp³-hybridized carbons (Fsp3) is 0.750. The maximum Gasteiger partial charge on any atom is 0.251 e. The molecule has 2 fully saturated rings. The third kappa shape index (κ3) is 20.4. The average Bonchev–Trinajstić information content (AvgIpc) is 4.22. The van der Waals surface area contributed by atoms with Crippen molar-refractivity contribution in [3.05, 3.63) is 59.4 Å². The number of unbranched alkanes of at least 4 members (excludes halogenated alkanes) is 13. The van der Waals surface area contributed by atoms with E-state index >= 15 is 0 Å². The highest BCUT2D eigenvalue weighted by atomic mass is 16.7. The van der Waals surface area contributed by atoms with Crippen LogP contribution in [0.4, 0.5) is 0 Å². The van der Waals surface area contributed by atoms with Gasteiger partial charge in [-0.3, -0.25) is 9.48 Å². The molecule has 1 amide bonds. The number of hydrogen-bond donors (Lipinski definition) is 9. The van der Waals surface area contributed by atoms with E-state index in [4.69, 9.17) is 28.4 Å². The lowest BCUT2D eigenvalue weighted by Gasteiger charge is -2.39. The monoisotopic (exact) mass is 1090 g/mol. The van der Waals surface area contributed by atoms with Crippen molar-refractivity contribution in [2.45, 2.75) is 210 Å². The van der Waals surface area contributed by atoms with Crippen molar-refractivity contribution in [3.8, 4) is 11.5 Å². The van der Waals surface area contributed by atoms with Crippen molar-refractivity contribution >= 4 is 5.91 Å². The maximum atomic E-state index is 13.6. The van der Waals surface area contributed by atoms with E-state index in [0.717, 1.165) is 19.4 Å². The Morgan fingerprint density at radius 2 is 0.935 bits per heavy atom. The van der Waals surface area contributed by atoms with E-state index in [1.54, 1.807) is 40.0 Å². The molecule has 6 rings (SSSR count). The van der Waals surface area contributed by atoms with Crippen molar-refractivity contribution in [2.24, 2.45) is 0 Å². The molecule has 25 heteroatoms. The minimum absolute atomic E-state index is 0.0412. The molecular formula is C52H84N10O15. The summed E-state index contributed by atoms with van der Waals surface area (Å²) in [6.45, 7) is 3.24. The number of aliphatic hydroxyl groups is 8. The highest BCUT2D eigenvalue weighted by molar-refractivity contribution is 5.95. The summed E-state index contributed by atoms with van der Waals surface area (Å²) in [6, 6.07) is 5.02. The summed E-state index contributed by atoms with van der Waals surface area (Å²) in [5.41, 5.74) is 2.35. The number of benzene rings is 1. The molecule has 0 spiro atoms. The number of aryl methyl sites for hydroxylation is 3. The molecule has 2 saturated heterocycles. The van der Waals surface area contributed by atoms with E-state index in [-0.39, 0.29) is 52.0 Å². The second kappa shape index (κ2) is 33.6.